The van der Waals surface area contributed by atoms with Crippen LogP contribution in [0, 0.1) is 6.92 Å². The van der Waals surface area contributed by atoms with E-state index in [-0.39, 0.29) is 23.9 Å². The minimum absolute atomic E-state index is 0.00207. The van der Waals surface area contributed by atoms with Crippen LogP contribution in [0.5, 0.6) is 0 Å². The van der Waals surface area contributed by atoms with E-state index in [0.717, 1.165) is 40.0 Å². The first-order chi connectivity index (χ1) is 15.6. The quantitative estimate of drug-likeness (QED) is 0.437. The van der Waals surface area contributed by atoms with Gasteiger partial charge in [-0.3, -0.25) is 9.59 Å². The van der Waals surface area contributed by atoms with Crippen LogP contribution in [-0.2, 0) is 15.8 Å². The first-order valence-corrected chi connectivity index (χ1v) is 11.4. The molecule has 0 unspecified atom stereocenters. The predicted octanol–water partition coefficient (Wildman–Crippen LogP) is 4.80. The third-order valence-electron chi connectivity index (χ3n) is 4.34. The molecule has 12 heteroatoms. The molecule has 0 aliphatic rings. The van der Waals surface area contributed by atoms with Crippen molar-refractivity contribution >= 4 is 51.4 Å². The average molecular weight is 496 g/mol. The number of benzene rings is 2. The number of halogens is 3. The van der Waals surface area contributed by atoms with Gasteiger partial charge in [0.25, 0.3) is 0 Å². The lowest BCUT2D eigenvalue weighted by Crippen LogP contribution is -2.36. The first-order valence-electron chi connectivity index (χ1n) is 9.62. The number of para-hydroxylation sites is 1. The smallest absolute Gasteiger partial charge is 0.336 e. The fraction of sp³-hybridized carbons (Fsp3) is 0.238. The number of aromatic nitrogens is 2. The molecule has 33 heavy (non-hydrogen) atoms. The number of rotatable bonds is 8. The zero-order valence-electron chi connectivity index (χ0n) is 17.6. The molecule has 0 radical (unpaired) electrons. The highest BCUT2D eigenvalue weighted by molar-refractivity contribution is 8.01. The molecule has 0 spiro atoms. The highest BCUT2D eigenvalue weighted by Crippen LogP contribution is 2.34. The van der Waals surface area contributed by atoms with E-state index in [4.69, 9.17) is 0 Å². The van der Waals surface area contributed by atoms with Crippen molar-refractivity contribution in [3.05, 3.63) is 59.7 Å². The van der Waals surface area contributed by atoms with Crippen LogP contribution >= 0.6 is 23.1 Å². The van der Waals surface area contributed by atoms with Gasteiger partial charge in [-0.05, 0) is 31.2 Å². The summed E-state index contributed by atoms with van der Waals surface area (Å²) in [7, 11) is 1.41. The van der Waals surface area contributed by atoms with Crippen LogP contribution in [0.25, 0.3) is 0 Å². The summed E-state index contributed by atoms with van der Waals surface area (Å²) in [5.74, 6) is -1.10. The Hall–Kier alpha value is -3.12. The molecule has 0 saturated carbocycles. The predicted molar refractivity (Wildman–Crippen MR) is 123 cm³/mol. The number of nitrogens with zero attached hydrogens (tertiary/aromatic N) is 3. The lowest BCUT2D eigenvalue weighted by molar-refractivity contribution is -0.137. The van der Waals surface area contributed by atoms with Crippen LogP contribution < -0.4 is 10.6 Å². The summed E-state index contributed by atoms with van der Waals surface area (Å²) in [5.41, 5.74) is 0.694. The molecule has 0 saturated heterocycles. The lowest BCUT2D eigenvalue weighted by atomic mass is 10.1. The molecule has 3 aromatic rings. The van der Waals surface area contributed by atoms with Gasteiger partial charge in [-0.15, -0.1) is 10.2 Å². The minimum atomic E-state index is -4.60. The van der Waals surface area contributed by atoms with Gasteiger partial charge in [-0.1, -0.05) is 52.9 Å². The number of hydrogen-bond acceptors (Lipinski definition) is 7. The van der Waals surface area contributed by atoms with Gasteiger partial charge in [0.1, 0.15) is 0 Å². The SMILES string of the molecule is Cc1ccc(Nc2nnc(SCC(=O)N(C)CC(=O)Nc3ccccc3C(F)(F)F)s2)cc1. The van der Waals surface area contributed by atoms with Gasteiger partial charge in [-0.2, -0.15) is 13.2 Å². The molecule has 0 aliphatic heterocycles. The van der Waals surface area contributed by atoms with Crippen LogP contribution in [-0.4, -0.2) is 46.3 Å². The number of likely N-dealkylation sites (N-methyl/N-ethyl adjacent to an activating group) is 1. The molecule has 0 bridgehead atoms. The first kappa shape index (κ1) is 24.5. The third-order valence-corrected chi connectivity index (χ3v) is 6.30. The maximum absolute atomic E-state index is 13.1. The summed E-state index contributed by atoms with van der Waals surface area (Å²) in [6.45, 7) is 1.60. The van der Waals surface area contributed by atoms with E-state index in [1.165, 1.54) is 30.5 Å². The van der Waals surface area contributed by atoms with Crippen molar-refractivity contribution in [2.75, 3.05) is 30.0 Å². The Labute approximate surface area is 196 Å². The molecule has 0 fully saturated rings. The third kappa shape index (κ3) is 7.19. The van der Waals surface area contributed by atoms with E-state index >= 15 is 0 Å². The van der Waals surface area contributed by atoms with Crippen molar-refractivity contribution < 1.29 is 22.8 Å². The molecule has 7 nitrogen and oxygen atoms in total. The van der Waals surface area contributed by atoms with Gasteiger partial charge in [0.05, 0.1) is 23.5 Å². The van der Waals surface area contributed by atoms with Gasteiger partial charge in [0, 0.05) is 12.7 Å². The highest BCUT2D eigenvalue weighted by atomic mass is 32.2. The molecule has 3 rings (SSSR count). The summed E-state index contributed by atoms with van der Waals surface area (Å²) in [4.78, 5) is 25.7. The normalized spacial score (nSPS) is 11.2. The van der Waals surface area contributed by atoms with Gasteiger partial charge in [0.2, 0.25) is 16.9 Å². The van der Waals surface area contributed by atoms with Crippen molar-refractivity contribution in [1.82, 2.24) is 15.1 Å². The molecule has 1 aromatic heterocycles. The summed E-state index contributed by atoms with van der Waals surface area (Å²) in [6.07, 6.45) is -4.60. The zero-order valence-corrected chi connectivity index (χ0v) is 19.3. The molecule has 2 aromatic carbocycles. The fourth-order valence-corrected chi connectivity index (χ4v) is 4.36. The maximum Gasteiger partial charge on any atom is 0.418 e. The highest BCUT2D eigenvalue weighted by Gasteiger charge is 2.33. The average Bonchev–Trinajstić information content (AvgIpc) is 3.20. The zero-order chi connectivity index (χ0) is 24.0. The lowest BCUT2D eigenvalue weighted by Gasteiger charge is -2.18. The standard InChI is InChI=1S/C21H20F3N5O2S2/c1-13-7-9-14(10-8-13)25-19-27-28-20(33-19)32-12-18(31)29(2)11-17(30)26-16-6-4-3-5-15(16)21(22,23)24/h3-10H,11-12H2,1-2H3,(H,25,27)(H,26,30). The van der Waals surface area contributed by atoms with Gasteiger partial charge in [0.15, 0.2) is 4.34 Å². The number of aryl methyl sites for hydroxylation is 1. The summed E-state index contributed by atoms with van der Waals surface area (Å²) < 4.78 is 39.7. The summed E-state index contributed by atoms with van der Waals surface area (Å²) in [6, 6.07) is 12.4. The number of carbonyl (C=O) groups excluding carboxylic acids is 2. The number of anilines is 3. The molecule has 0 aliphatic carbocycles. The van der Waals surface area contributed by atoms with Crippen molar-refractivity contribution in [2.45, 2.75) is 17.4 Å². The Morgan fingerprint density at radius 1 is 1.09 bits per heavy atom. The molecular weight excluding hydrogens is 475 g/mol. The number of alkyl halides is 3. The van der Waals surface area contributed by atoms with Crippen LogP contribution in [0.15, 0.2) is 52.9 Å². The van der Waals surface area contributed by atoms with E-state index in [2.05, 4.69) is 20.8 Å². The molecule has 1 heterocycles. The Bertz CT molecular complexity index is 1120. The van der Waals surface area contributed by atoms with Crippen LogP contribution in [0.1, 0.15) is 11.1 Å². The topological polar surface area (TPSA) is 87.2 Å². The number of nitrogens with one attached hydrogen (secondary N) is 2. The molecule has 174 valence electrons. The number of carbonyl (C=O) groups is 2. The fourth-order valence-electron chi connectivity index (χ4n) is 2.65. The van der Waals surface area contributed by atoms with Crippen LogP contribution in [0.3, 0.4) is 0 Å². The molecule has 2 N–H and O–H groups in total. The van der Waals surface area contributed by atoms with E-state index in [0.29, 0.717) is 9.47 Å². The van der Waals surface area contributed by atoms with E-state index in [9.17, 15) is 22.8 Å². The number of thioether (sulfide) groups is 1. The van der Waals surface area contributed by atoms with Gasteiger partial charge >= 0.3 is 6.18 Å². The van der Waals surface area contributed by atoms with E-state index < -0.39 is 17.6 Å². The molecule has 0 atom stereocenters. The van der Waals surface area contributed by atoms with Crippen molar-refractivity contribution in [2.24, 2.45) is 0 Å². The Morgan fingerprint density at radius 3 is 2.48 bits per heavy atom. The second-order valence-corrected chi connectivity index (χ2v) is 9.19. The summed E-state index contributed by atoms with van der Waals surface area (Å²) in [5, 5.41) is 14.0. The van der Waals surface area contributed by atoms with Crippen LogP contribution in [0.2, 0.25) is 0 Å². The second kappa shape index (κ2) is 10.7. The number of amides is 2. The second-order valence-electron chi connectivity index (χ2n) is 6.99. The van der Waals surface area contributed by atoms with E-state index in [1.807, 2.05) is 31.2 Å². The van der Waals surface area contributed by atoms with E-state index in [1.54, 1.807) is 0 Å². The maximum atomic E-state index is 13.1. The Morgan fingerprint density at radius 2 is 1.79 bits per heavy atom. The van der Waals surface area contributed by atoms with Gasteiger partial charge in [-0.25, -0.2) is 0 Å². The Balaban J connectivity index is 1.49. The van der Waals surface area contributed by atoms with Gasteiger partial charge < -0.3 is 15.5 Å². The monoisotopic (exact) mass is 495 g/mol. The Kier molecular flexibility index (Phi) is 7.92. The van der Waals surface area contributed by atoms with Crippen molar-refractivity contribution in [3.8, 4) is 0 Å². The van der Waals surface area contributed by atoms with Crippen molar-refractivity contribution in [3.63, 3.8) is 0 Å². The molecule has 2 amide bonds. The van der Waals surface area contributed by atoms with Crippen molar-refractivity contribution in [1.29, 1.82) is 0 Å². The van der Waals surface area contributed by atoms with Crippen LogP contribution in [0.4, 0.5) is 29.7 Å². The number of hydrogen-bond donors (Lipinski definition) is 2. The minimum Gasteiger partial charge on any atom is -0.336 e. The molecular formula is C21H20F3N5O2S2. The summed E-state index contributed by atoms with van der Waals surface area (Å²) >= 11 is 2.44. The largest absolute Gasteiger partial charge is 0.418 e.